The number of nitrogens with one attached hydrogen (secondary N) is 1. The number of fused-ring (bicyclic) bond motifs is 2. The molecule has 6 amide bonds. The highest BCUT2D eigenvalue weighted by Gasteiger charge is 2.44. The molecule has 5 rings (SSSR count). The number of imide groups is 2. The zero-order valence-electron chi connectivity index (χ0n) is 23.5. The quantitative estimate of drug-likeness (QED) is 0.225. The largest absolute Gasteiger partial charge is 0.351 e. The molecular weight excluding hydrogens is 556 g/mol. The molecule has 12 heteroatoms. The van der Waals surface area contributed by atoms with Crippen molar-refractivity contribution >= 4 is 35.4 Å². The zero-order valence-corrected chi connectivity index (χ0v) is 23.5. The van der Waals surface area contributed by atoms with E-state index < -0.39 is 47.3 Å². The van der Waals surface area contributed by atoms with Crippen LogP contribution in [0.4, 0.5) is 0 Å². The molecule has 0 saturated carbocycles. The Hall–Kier alpha value is -5.20. The van der Waals surface area contributed by atoms with Gasteiger partial charge >= 0.3 is 0 Å². The molecule has 3 aromatic carbocycles. The van der Waals surface area contributed by atoms with Crippen LogP contribution in [0.25, 0.3) is 0 Å². The van der Waals surface area contributed by atoms with Crippen LogP contribution >= 0.6 is 0 Å². The van der Waals surface area contributed by atoms with E-state index in [0.29, 0.717) is 24.2 Å². The molecule has 222 valence electrons. The molecule has 2 aliphatic rings. The number of nitrogens with zero attached hydrogens (tertiary/aromatic N) is 3. The Balaban J connectivity index is 0.000000199. The van der Waals surface area contributed by atoms with Crippen molar-refractivity contribution in [2.75, 3.05) is 13.1 Å². The van der Waals surface area contributed by atoms with Gasteiger partial charge in [-0.3, -0.25) is 39.2 Å². The van der Waals surface area contributed by atoms with Gasteiger partial charge in [0.2, 0.25) is 11.8 Å². The lowest BCUT2D eigenvalue weighted by atomic mass is 9.88. The highest BCUT2D eigenvalue weighted by atomic mass is 16.5. The molecule has 3 aromatic rings. The zero-order chi connectivity index (χ0) is 31.3. The molecule has 2 heterocycles. The number of benzene rings is 3. The van der Waals surface area contributed by atoms with Crippen LogP contribution in [0, 0.1) is 0 Å². The second-order valence-electron chi connectivity index (χ2n) is 9.66. The van der Waals surface area contributed by atoms with Gasteiger partial charge in [-0.1, -0.05) is 66.7 Å². The average molecular weight is 587 g/mol. The molecule has 2 aliphatic heterocycles. The first-order valence-corrected chi connectivity index (χ1v) is 13.5. The van der Waals surface area contributed by atoms with Gasteiger partial charge in [-0.25, -0.2) is 0 Å². The van der Waals surface area contributed by atoms with Crippen molar-refractivity contribution in [3.63, 3.8) is 0 Å². The fourth-order valence-corrected chi connectivity index (χ4v) is 4.92. The lowest BCUT2D eigenvalue weighted by molar-refractivity contribution is -0.161. The summed E-state index contributed by atoms with van der Waals surface area (Å²) in [6.45, 7) is 4.79. The minimum absolute atomic E-state index is 0.00902. The van der Waals surface area contributed by atoms with Gasteiger partial charge < -0.3 is 10.2 Å². The molecule has 0 aliphatic carbocycles. The lowest BCUT2D eigenvalue weighted by Crippen LogP contribution is -2.48. The maximum Gasteiger partial charge on any atom is 0.284 e. The minimum atomic E-state index is -1.24. The molecule has 0 aromatic heterocycles. The number of likely N-dealkylation sites (N-methyl/N-ethyl adjacent to an activating group) is 1. The Bertz CT molecular complexity index is 1570. The van der Waals surface area contributed by atoms with E-state index in [2.05, 4.69) is 5.32 Å². The molecule has 0 bridgehead atoms. The number of amides is 6. The number of carbonyl (C=O) groups excluding carboxylic acids is 6. The van der Waals surface area contributed by atoms with Gasteiger partial charge in [-0.15, -0.1) is 0 Å². The first kappa shape index (κ1) is 30.8. The van der Waals surface area contributed by atoms with E-state index in [0.717, 1.165) is 5.56 Å². The summed E-state index contributed by atoms with van der Waals surface area (Å²) in [5.41, 5.74) is 1.87. The van der Waals surface area contributed by atoms with Gasteiger partial charge in [0.15, 0.2) is 0 Å². The number of hydrogen-bond acceptors (Lipinski definition) is 8. The fraction of sp³-hybridized carbons (Fsp3) is 0.226. The van der Waals surface area contributed by atoms with Crippen LogP contribution in [-0.4, -0.2) is 74.0 Å². The summed E-state index contributed by atoms with van der Waals surface area (Å²) in [4.78, 5) is 74.3. The maximum absolute atomic E-state index is 12.4. The molecule has 0 fully saturated rings. The summed E-state index contributed by atoms with van der Waals surface area (Å²) in [5.74, 6) is -6.82. The maximum atomic E-state index is 12.4. The van der Waals surface area contributed by atoms with Crippen LogP contribution in [0.15, 0.2) is 78.9 Å². The van der Waals surface area contributed by atoms with E-state index >= 15 is 0 Å². The molecule has 3 N–H and O–H groups in total. The summed E-state index contributed by atoms with van der Waals surface area (Å²) >= 11 is 0. The predicted molar refractivity (Wildman–Crippen MR) is 151 cm³/mol. The molecule has 2 unspecified atom stereocenters. The van der Waals surface area contributed by atoms with E-state index in [4.69, 9.17) is 0 Å². The molecule has 12 nitrogen and oxygen atoms in total. The van der Waals surface area contributed by atoms with E-state index in [1.165, 1.54) is 17.0 Å². The second-order valence-corrected chi connectivity index (χ2v) is 9.66. The smallest absolute Gasteiger partial charge is 0.284 e. The van der Waals surface area contributed by atoms with Gasteiger partial charge in [-0.05, 0) is 42.7 Å². The molecule has 0 radical (unpaired) electrons. The van der Waals surface area contributed by atoms with Crippen LogP contribution in [0.5, 0.6) is 0 Å². The van der Waals surface area contributed by atoms with E-state index in [1.54, 1.807) is 36.4 Å². The van der Waals surface area contributed by atoms with Crippen LogP contribution in [0.1, 0.15) is 63.1 Å². The van der Waals surface area contributed by atoms with Crippen LogP contribution in [0.3, 0.4) is 0 Å². The van der Waals surface area contributed by atoms with E-state index in [-0.39, 0.29) is 27.8 Å². The van der Waals surface area contributed by atoms with Crippen LogP contribution in [-0.2, 0) is 25.7 Å². The normalized spacial score (nSPS) is 17.4. The molecule has 0 spiro atoms. The Labute approximate surface area is 247 Å². The number of hydroxylamine groups is 4. The fourth-order valence-electron chi connectivity index (χ4n) is 4.92. The third kappa shape index (κ3) is 6.05. The van der Waals surface area contributed by atoms with Crippen LogP contribution in [0.2, 0.25) is 0 Å². The predicted octanol–water partition coefficient (Wildman–Crippen LogP) is 2.47. The summed E-state index contributed by atoms with van der Waals surface area (Å²) < 4.78 is 0. The van der Waals surface area contributed by atoms with Gasteiger partial charge in [-0.2, -0.15) is 10.1 Å². The van der Waals surface area contributed by atoms with Crippen molar-refractivity contribution in [1.29, 1.82) is 0 Å². The Kier molecular flexibility index (Phi) is 9.43. The van der Waals surface area contributed by atoms with Gasteiger partial charge in [0, 0.05) is 30.8 Å². The summed E-state index contributed by atoms with van der Waals surface area (Å²) in [6.07, 6.45) is 0. The highest BCUT2D eigenvalue weighted by molar-refractivity contribution is 6.19. The van der Waals surface area contributed by atoms with Crippen molar-refractivity contribution in [3.05, 3.63) is 107 Å². The van der Waals surface area contributed by atoms with Crippen molar-refractivity contribution in [3.8, 4) is 0 Å². The third-order valence-electron chi connectivity index (χ3n) is 7.19. The Morgan fingerprint density at radius 1 is 0.698 bits per heavy atom. The average Bonchev–Trinajstić information content (AvgIpc) is 3.03. The minimum Gasteiger partial charge on any atom is -0.351 e. The van der Waals surface area contributed by atoms with Crippen molar-refractivity contribution in [2.45, 2.75) is 32.2 Å². The van der Waals surface area contributed by atoms with Gasteiger partial charge in [0.1, 0.15) is 11.8 Å². The number of carbonyl (C=O) groups is 6. The van der Waals surface area contributed by atoms with Gasteiger partial charge in [0.05, 0.1) is 0 Å². The first-order valence-electron chi connectivity index (χ1n) is 13.5. The standard InChI is InChI=1S/C17H14N2O4.C14H16N2O4/c20-15(18-10-11-6-2-1-3-7-11)14-12-8-4-5-9-13(12)16(21)19(23)17(14)22;1-3-15(4-2)13(18)11-9-7-5-6-8-10(9)12(17)16(20)14(11)19/h1-9,14,23H,10H2,(H,18,20);5-8,11,20H,3-4H2,1-2H3. The monoisotopic (exact) mass is 586 g/mol. The van der Waals surface area contributed by atoms with E-state index in [1.807, 2.05) is 44.2 Å². The summed E-state index contributed by atoms with van der Waals surface area (Å²) in [5, 5.41) is 22.0. The molecule has 43 heavy (non-hydrogen) atoms. The topological polar surface area (TPSA) is 165 Å². The number of rotatable bonds is 6. The van der Waals surface area contributed by atoms with Crippen molar-refractivity contribution < 1.29 is 39.2 Å². The SMILES string of the molecule is CCN(CC)C(=O)C1C(=O)N(O)C(=O)c2ccccc21.O=C(NCc1ccccc1)C1C(=O)N(O)C(=O)c2ccccc21. The van der Waals surface area contributed by atoms with E-state index in [9.17, 15) is 39.2 Å². The lowest BCUT2D eigenvalue weighted by Gasteiger charge is -2.30. The van der Waals surface area contributed by atoms with Crippen molar-refractivity contribution in [2.24, 2.45) is 0 Å². The van der Waals surface area contributed by atoms with Crippen LogP contribution < -0.4 is 5.32 Å². The first-order chi connectivity index (χ1) is 20.6. The number of hydrogen-bond donors (Lipinski definition) is 3. The third-order valence-corrected chi connectivity index (χ3v) is 7.19. The highest BCUT2D eigenvalue weighted by Crippen LogP contribution is 2.30. The summed E-state index contributed by atoms with van der Waals surface area (Å²) in [7, 11) is 0. The molecular formula is C31H30N4O8. The molecule has 0 saturated heterocycles. The van der Waals surface area contributed by atoms with Gasteiger partial charge in [0.25, 0.3) is 23.6 Å². The second kappa shape index (κ2) is 13.2. The Morgan fingerprint density at radius 2 is 1.14 bits per heavy atom. The summed E-state index contributed by atoms with van der Waals surface area (Å²) in [6, 6.07) is 21.9. The Morgan fingerprint density at radius 3 is 1.65 bits per heavy atom. The van der Waals surface area contributed by atoms with Crippen molar-refractivity contribution in [1.82, 2.24) is 20.3 Å². The molecule has 2 atom stereocenters.